The number of hydrogen-bond donors (Lipinski definition) is 0. The van der Waals surface area contributed by atoms with E-state index in [1.54, 1.807) is 0 Å². The molecule has 1 atom stereocenters. The van der Waals surface area contributed by atoms with Crippen LogP contribution in [-0.4, -0.2) is 43.7 Å². The number of hydrogen-bond acceptors (Lipinski definition) is 10. The van der Waals surface area contributed by atoms with Crippen molar-refractivity contribution in [2.45, 2.75) is 18.9 Å². The molecule has 0 aliphatic rings. The van der Waals surface area contributed by atoms with Crippen LogP contribution >= 0.6 is 0 Å². The molecule has 10 nitrogen and oxygen atoms in total. The van der Waals surface area contributed by atoms with Gasteiger partial charge in [-0.15, -0.1) is 0 Å². The van der Waals surface area contributed by atoms with E-state index in [0.29, 0.717) is 0 Å². The van der Waals surface area contributed by atoms with Crippen LogP contribution in [-0.2, 0) is 33.4 Å². The molecule has 0 saturated heterocycles. The van der Waals surface area contributed by atoms with Gasteiger partial charge in [0.15, 0.2) is 12.8 Å². The zero-order valence-corrected chi connectivity index (χ0v) is 10.1. The van der Waals surface area contributed by atoms with E-state index in [2.05, 4.69) is 24.2 Å². The highest BCUT2D eigenvalue weighted by Gasteiger charge is 2.21. The maximum Gasteiger partial charge on any atom is 0.333 e. The Kier molecular flexibility index (Phi) is 9.43. The van der Waals surface area contributed by atoms with Crippen LogP contribution in [0.15, 0.2) is 9.98 Å². The van der Waals surface area contributed by atoms with Crippen molar-refractivity contribution >= 4 is 24.1 Å². The summed E-state index contributed by atoms with van der Waals surface area (Å²) in [5.74, 6) is -1.71. The third-order valence-corrected chi connectivity index (χ3v) is 1.78. The molecule has 0 bridgehead atoms. The standard InChI is InChI=1S/C10H9N3O7/c11-3-18-7-20-9(16)2-1-8(13-5-15)10(17)19-6-12-4-14/h8H,1-2,6-7H2. The van der Waals surface area contributed by atoms with Gasteiger partial charge in [-0.2, -0.15) is 15.2 Å². The summed E-state index contributed by atoms with van der Waals surface area (Å²) in [6.45, 7) is -1.11. The first-order chi connectivity index (χ1) is 9.65. The van der Waals surface area contributed by atoms with Gasteiger partial charge in [0.05, 0.1) is 0 Å². The largest absolute Gasteiger partial charge is 0.440 e. The molecule has 0 aromatic carbocycles. The van der Waals surface area contributed by atoms with Crippen LogP contribution in [0.25, 0.3) is 0 Å². The van der Waals surface area contributed by atoms with Crippen LogP contribution in [0.4, 0.5) is 0 Å². The number of carbonyl (C=O) groups is 2. The van der Waals surface area contributed by atoms with Crippen molar-refractivity contribution in [1.29, 1.82) is 5.26 Å². The molecular weight excluding hydrogens is 274 g/mol. The van der Waals surface area contributed by atoms with Crippen LogP contribution in [0, 0.1) is 11.5 Å². The summed E-state index contributed by atoms with van der Waals surface area (Å²) in [7, 11) is 0. The average molecular weight is 283 g/mol. The molecule has 0 amide bonds. The normalized spacial score (nSPS) is 9.95. The van der Waals surface area contributed by atoms with Gasteiger partial charge >= 0.3 is 11.9 Å². The number of nitriles is 1. The van der Waals surface area contributed by atoms with Gasteiger partial charge in [0.2, 0.25) is 19.0 Å². The molecule has 0 heterocycles. The lowest BCUT2D eigenvalue weighted by atomic mass is 10.1. The van der Waals surface area contributed by atoms with Gasteiger partial charge in [0.1, 0.15) is 0 Å². The van der Waals surface area contributed by atoms with Crippen LogP contribution < -0.4 is 0 Å². The molecule has 0 aliphatic carbocycles. The van der Waals surface area contributed by atoms with Gasteiger partial charge in [-0.3, -0.25) is 4.79 Å². The van der Waals surface area contributed by atoms with Gasteiger partial charge in [-0.05, 0) is 6.42 Å². The number of rotatable bonds is 9. The summed E-state index contributed by atoms with van der Waals surface area (Å²) in [5, 5.41) is 8.02. The van der Waals surface area contributed by atoms with E-state index in [9.17, 15) is 19.2 Å². The van der Waals surface area contributed by atoms with Gasteiger partial charge < -0.3 is 14.2 Å². The Balaban J connectivity index is 4.23. The maximum absolute atomic E-state index is 11.4. The van der Waals surface area contributed by atoms with E-state index in [1.165, 1.54) is 6.26 Å². The predicted molar refractivity (Wildman–Crippen MR) is 57.9 cm³/mol. The Labute approximate surface area is 112 Å². The van der Waals surface area contributed by atoms with Crippen molar-refractivity contribution < 1.29 is 33.4 Å². The zero-order chi connectivity index (χ0) is 15.2. The molecule has 10 heteroatoms. The Bertz CT molecular complexity index is 472. The molecule has 0 fully saturated rings. The maximum atomic E-state index is 11.4. The van der Waals surface area contributed by atoms with E-state index < -0.39 is 31.5 Å². The van der Waals surface area contributed by atoms with E-state index >= 15 is 0 Å². The third kappa shape index (κ3) is 8.14. The van der Waals surface area contributed by atoms with E-state index in [-0.39, 0.29) is 12.8 Å². The quantitative estimate of drug-likeness (QED) is 0.135. The number of nitrogens with zero attached hydrogens (tertiary/aromatic N) is 3. The fourth-order valence-electron chi connectivity index (χ4n) is 0.965. The summed E-state index contributed by atoms with van der Waals surface area (Å²) in [5.41, 5.74) is 0. The highest BCUT2D eigenvalue weighted by molar-refractivity contribution is 5.78. The summed E-state index contributed by atoms with van der Waals surface area (Å²) in [6, 6.07) is -1.27. The van der Waals surface area contributed by atoms with Crippen molar-refractivity contribution in [3.63, 3.8) is 0 Å². The van der Waals surface area contributed by atoms with Crippen molar-refractivity contribution in [2.24, 2.45) is 9.98 Å². The average Bonchev–Trinajstić information content (AvgIpc) is 2.43. The van der Waals surface area contributed by atoms with Crippen LogP contribution in [0.2, 0.25) is 0 Å². The lowest BCUT2D eigenvalue weighted by Gasteiger charge is -2.08. The summed E-state index contributed by atoms with van der Waals surface area (Å²) in [4.78, 5) is 48.5. The summed E-state index contributed by atoms with van der Waals surface area (Å²) < 4.78 is 13.0. The fraction of sp³-hybridized carbons (Fsp3) is 0.500. The van der Waals surface area contributed by atoms with Gasteiger partial charge in [-0.1, -0.05) is 0 Å². The molecule has 106 valence electrons. The molecule has 1 unspecified atom stereocenters. The lowest BCUT2D eigenvalue weighted by Crippen LogP contribution is -2.23. The highest BCUT2D eigenvalue weighted by atomic mass is 16.7. The van der Waals surface area contributed by atoms with Crippen molar-refractivity contribution in [2.75, 3.05) is 13.5 Å². The van der Waals surface area contributed by atoms with Gasteiger partial charge in [-0.25, -0.2) is 14.4 Å². The molecule has 0 saturated carbocycles. The van der Waals surface area contributed by atoms with Crippen molar-refractivity contribution in [3.05, 3.63) is 0 Å². The van der Waals surface area contributed by atoms with E-state index in [4.69, 9.17) is 5.26 Å². The van der Waals surface area contributed by atoms with Crippen LogP contribution in [0.1, 0.15) is 12.8 Å². The predicted octanol–water partition coefficient (Wildman–Crippen LogP) is -0.694. The number of esters is 2. The zero-order valence-electron chi connectivity index (χ0n) is 10.1. The first-order valence-corrected chi connectivity index (χ1v) is 5.09. The number of aliphatic imine (C=N–C) groups is 2. The smallest absolute Gasteiger partial charge is 0.333 e. The van der Waals surface area contributed by atoms with Crippen LogP contribution in [0.5, 0.6) is 0 Å². The van der Waals surface area contributed by atoms with Gasteiger partial charge in [0, 0.05) is 6.42 Å². The molecule has 0 aromatic rings. The second-order valence-electron chi connectivity index (χ2n) is 2.99. The Morgan fingerprint density at radius 1 is 1.20 bits per heavy atom. The minimum Gasteiger partial charge on any atom is -0.440 e. The molecule has 0 spiro atoms. The minimum absolute atomic E-state index is 0.176. The molecule has 0 radical (unpaired) electrons. The third-order valence-electron chi connectivity index (χ3n) is 1.78. The first-order valence-electron chi connectivity index (χ1n) is 5.09. The van der Waals surface area contributed by atoms with E-state index in [1.807, 2.05) is 0 Å². The molecular formula is C10H9N3O7. The van der Waals surface area contributed by atoms with E-state index in [0.717, 1.165) is 12.2 Å². The second-order valence-corrected chi connectivity index (χ2v) is 2.99. The minimum atomic E-state index is -1.27. The fourth-order valence-corrected chi connectivity index (χ4v) is 0.965. The SMILES string of the molecule is N#COCOC(=O)CCC(N=C=O)C(=O)OCN=C=O. The van der Waals surface area contributed by atoms with Crippen LogP contribution in [0.3, 0.4) is 0 Å². The number of ether oxygens (including phenoxy) is 3. The summed E-state index contributed by atoms with van der Waals surface area (Å²) >= 11 is 0. The molecule has 20 heavy (non-hydrogen) atoms. The molecule has 0 aliphatic heterocycles. The monoisotopic (exact) mass is 283 g/mol. The summed E-state index contributed by atoms with van der Waals surface area (Å²) in [6.07, 6.45) is 3.16. The topological polar surface area (TPSA) is 144 Å². The Hall–Kier alpha value is -3.01. The van der Waals surface area contributed by atoms with Crippen molar-refractivity contribution in [3.8, 4) is 6.26 Å². The molecule has 0 N–H and O–H groups in total. The Morgan fingerprint density at radius 2 is 1.95 bits per heavy atom. The number of carbonyl (C=O) groups excluding carboxylic acids is 4. The lowest BCUT2D eigenvalue weighted by molar-refractivity contribution is -0.152. The molecule has 0 aromatic heterocycles. The Morgan fingerprint density at radius 3 is 2.55 bits per heavy atom. The first kappa shape index (κ1) is 17.0. The number of isocyanates is 2. The molecule has 0 rings (SSSR count). The highest BCUT2D eigenvalue weighted by Crippen LogP contribution is 2.05. The second kappa shape index (κ2) is 11.1. The van der Waals surface area contributed by atoms with Gasteiger partial charge in [0.25, 0.3) is 6.26 Å². The van der Waals surface area contributed by atoms with Crippen molar-refractivity contribution in [1.82, 2.24) is 0 Å².